The van der Waals surface area contributed by atoms with E-state index in [4.69, 9.17) is 5.73 Å². The molecule has 0 saturated carbocycles. The third-order valence-electron chi connectivity index (χ3n) is 6.44. The maximum Gasteiger partial charge on any atom is 0.0902 e. The zero-order chi connectivity index (χ0) is 19.6. The van der Waals surface area contributed by atoms with Crippen LogP contribution in [-0.2, 0) is 0 Å². The van der Waals surface area contributed by atoms with Crippen molar-refractivity contribution < 1.29 is 0 Å². The maximum absolute atomic E-state index is 5.04. The lowest BCUT2D eigenvalue weighted by Crippen LogP contribution is -2.51. The summed E-state index contributed by atoms with van der Waals surface area (Å²) in [4.78, 5) is 13.9. The summed E-state index contributed by atoms with van der Waals surface area (Å²) in [5.74, 6) is 0.630. The van der Waals surface area contributed by atoms with Crippen LogP contribution in [0.1, 0.15) is 73.1 Å². The Morgan fingerprint density at radius 1 is 0.690 bits per heavy atom. The molecule has 2 unspecified atom stereocenters. The van der Waals surface area contributed by atoms with Crippen LogP contribution in [0.4, 0.5) is 0 Å². The van der Waals surface area contributed by atoms with Crippen molar-refractivity contribution in [1.29, 1.82) is 0 Å². The van der Waals surface area contributed by atoms with Gasteiger partial charge in [0.1, 0.15) is 0 Å². The largest absolute Gasteiger partial charge is 0.388 e. The molecule has 2 N–H and O–H groups in total. The lowest BCUT2D eigenvalue weighted by Gasteiger charge is -2.41. The van der Waals surface area contributed by atoms with Gasteiger partial charge in [-0.05, 0) is 72.6 Å². The first-order chi connectivity index (χ1) is 13.0. The standard InChI is InChI=1S/C10H20N2.C8H16N2.C3H8N2.2CH4/c1-11-7-5-9-12-8-4-2-3-6-10(11)12;1-9-5-3-7-10-6-2-4-8(9)10;1-3(4)5-2;;/h10H,2-9H2,1H3;8H,2-7H2,1H3;1-2H3,(H2,4,5);2*1H4. The van der Waals surface area contributed by atoms with Crippen molar-refractivity contribution >= 4 is 5.84 Å². The molecule has 2 atom stereocenters. The molecule has 4 fully saturated rings. The molecular weight excluding hydrogens is 360 g/mol. The van der Waals surface area contributed by atoms with Gasteiger partial charge in [0.2, 0.25) is 0 Å². The molecule has 4 aliphatic heterocycles. The molecule has 0 aromatic rings. The number of hydrogen-bond donors (Lipinski definition) is 1. The van der Waals surface area contributed by atoms with Gasteiger partial charge < -0.3 is 5.73 Å². The fourth-order valence-electron chi connectivity index (χ4n) is 4.82. The fraction of sp³-hybridized carbons (Fsp3) is 0.957. The Morgan fingerprint density at radius 2 is 1.10 bits per heavy atom. The average molecular weight is 413 g/mol. The molecule has 0 bridgehead atoms. The van der Waals surface area contributed by atoms with Gasteiger partial charge in [-0.2, -0.15) is 0 Å². The van der Waals surface area contributed by atoms with E-state index in [-0.39, 0.29) is 14.9 Å². The zero-order valence-electron chi connectivity index (χ0n) is 18.4. The van der Waals surface area contributed by atoms with Gasteiger partial charge in [-0.1, -0.05) is 27.7 Å². The van der Waals surface area contributed by atoms with Gasteiger partial charge in [0.05, 0.1) is 18.2 Å². The Kier molecular flexibility index (Phi) is 14.8. The predicted molar refractivity (Wildman–Crippen MR) is 130 cm³/mol. The van der Waals surface area contributed by atoms with Crippen molar-refractivity contribution in [3.63, 3.8) is 0 Å². The van der Waals surface area contributed by atoms with E-state index in [1.54, 1.807) is 14.0 Å². The monoisotopic (exact) mass is 412 g/mol. The quantitative estimate of drug-likeness (QED) is 0.487. The minimum absolute atomic E-state index is 0. The van der Waals surface area contributed by atoms with Crippen molar-refractivity contribution in [3.05, 3.63) is 0 Å². The summed E-state index contributed by atoms with van der Waals surface area (Å²) in [5.41, 5.74) is 5.04. The molecule has 0 amide bonds. The number of hydrogen-bond acceptors (Lipinski definition) is 5. The summed E-state index contributed by atoms with van der Waals surface area (Å²) in [7, 11) is 6.19. The molecule has 0 radical (unpaired) electrons. The van der Waals surface area contributed by atoms with Crippen molar-refractivity contribution in [1.82, 2.24) is 19.6 Å². The van der Waals surface area contributed by atoms with E-state index >= 15 is 0 Å². The van der Waals surface area contributed by atoms with E-state index < -0.39 is 0 Å². The Labute approximate surface area is 182 Å². The summed E-state index contributed by atoms with van der Waals surface area (Å²) >= 11 is 0. The van der Waals surface area contributed by atoms with Crippen LogP contribution in [0.25, 0.3) is 0 Å². The maximum atomic E-state index is 5.04. The number of rotatable bonds is 0. The molecule has 0 aromatic carbocycles. The molecular formula is C23H52N6. The lowest BCUT2D eigenvalue weighted by atomic mass is 10.1. The molecule has 29 heavy (non-hydrogen) atoms. The summed E-state index contributed by atoms with van der Waals surface area (Å²) in [6.07, 6.45) is 12.8. The number of nitrogens with two attached hydrogens (primary N) is 1. The molecule has 4 heterocycles. The van der Waals surface area contributed by atoms with Gasteiger partial charge in [0.15, 0.2) is 0 Å². The van der Waals surface area contributed by atoms with Crippen molar-refractivity contribution in [2.45, 2.75) is 85.5 Å². The van der Waals surface area contributed by atoms with Crippen LogP contribution < -0.4 is 5.73 Å². The third-order valence-corrected chi connectivity index (χ3v) is 6.44. The minimum atomic E-state index is 0. The number of amidine groups is 1. The van der Waals surface area contributed by atoms with E-state index in [1.807, 2.05) is 0 Å². The Morgan fingerprint density at radius 3 is 1.59 bits per heavy atom. The van der Waals surface area contributed by atoms with Crippen LogP contribution in [0.2, 0.25) is 0 Å². The highest BCUT2D eigenvalue weighted by atomic mass is 15.4. The van der Waals surface area contributed by atoms with Crippen molar-refractivity contribution in [2.75, 3.05) is 60.4 Å². The average Bonchev–Trinajstić information content (AvgIpc) is 3.02. The summed E-state index contributed by atoms with van der Waals surface area (Å²) in [6.45, 7) is 9.73. The van der Waals surface area contributed by atoms with Crippen LogP contribution >= 0.6 is 0 Å². The second-order valence-corrected chi connectivity index (χ2v) is 8.56. The topological polar surface area (TPSA) is 51.3 Å². The van der Waals surface area contributed by atoms with E-state index in [1.165, 1.54) is 90.6 Å². The zero-order valence-corrected chi connectivity index (χ0v) is 18.4. The molecule has 0 aromatic heterocycles. The number of nitrogens with zero attached hydrogens (tertiary/aromatic N) is 5. The highest BCUT2D eigenvalue weighted by Gasteiger charge is 2.30. The molecule has 0 spiro atoms. The molecule has 6 heteroatoms. The first-order valence-electron chi connectivity index (χ1n) is 11.1. The van der Waals surface area contributed by atoms with Gasteiger partial charge in [-0.3, -0.25) is 24.6 Å². The van der Waals surface area contributed by atoms with Crippen LogP contribution in [0.15, 0.2) is 4.99 Å². The molecule has 0 aliphatic carbocycles. The van der Waals surface area contributed by atoms with Gasteiger partial charge >= 0.3 is 0 Å². The fourth-order valence-corrected chi connectivity index (χ4v) is 4.82. The smallest absolute Gasteiger partial charge is 0.0902 e. The van der Waals surface area contributed by atoms with E-state index in [0.717, 1.165) is 12.3 Å². The van der Waals surface area contributed by atoms with Crippen LogP contribution in [0.3, 0.4) is 0 Å². The molecule has 6 nitrogen and oxygen atoms in total. The lowest BCUT2D eigenvalue weighted by molar-refractivity contribution is 0.0237. The first-order valence-corrected chi connectivity index (χ1v) is 11.1. The summed E-state index contributed by atoms with van der Waals surface area (Å²) in [6, 6.07) is 0. The third kappa shape index (κ3) is 9.33. The predicted octanol–water partition coefficient (Wildman–Crippen LogP) is 3.53. The van der Waals surface area contributed by atoms with Crippen molar-refractivity contribution in [2.24, 2.45) is 10.7 Å². The highest BCUT2D eigenvalue weighted by molar-refractivity contribution is 5.77. The molecule has 4 aliphatic rings. The van der Waals surface area contributed by atoms with Crippen molar-refractivity contribution in [3.8, 4) is 0 Å². The molecule has 4 saturated heterocycles. The van der Waals surface area contributed by atoms with E-state index in [2.05, 4.69) is 38.7 Å². The van der Waals surface area contributed by atoms with Crippen LogP contribution in [0, 0.1) is 0 Å². The van der Waals surface area contributed by atoms with Gasteiger partial charge in [-0.15, -0.1) is 0 Å². The van der Waals surface area contributed by atoms with E-state index in [9.17, 15) is 0 Å². The first kappa shape index (κ1) is 28.3. The van der Waals surface area contributed by atoms with E-state index in [0.29, 0.717) is 5.84 Å². The SMILES string of the molecule is C.C.CN1CCCN2CCCC12.CN1CCCN2CCCCCC12.CN=C(C)N. The Bertz CT molecular complexity index is 437. The Balaban J connectivity index is 0.000000423. The normalized spacial score (nSPS) is 28.8. The highest BCUT2D eigenvalue weighted by Crippen LogP contribution is 2.23. The molecule has 4 rings (SSSR count). The second-order valence-electron chi connectivity index (χ2n) is 8.56. The van der Waals surface area contributed by atoms with Crippen LogP contribution in [0.5, 0.6) is 0 Å². The molecule has 174 valence electrons. The minimum Gasteiger partial charge on any atom is -0.388 e. The second kappa shape index (κ2) is 15.2. The Hall–Kier alpha value is -0.690. The number of fused-ring (bicyclic) bond motifs is 2. The van der Waals surface area contributed by atoms with Crippen LogP contribution in [-0.4, -0.2) is 98.2 Å². The van der Waals surface area contributed by atoms with Gasteiger partial charge in [0, 0.05) is 33.2 Å². The van der Waals surface area contributed by atoms with Gasteiger partial charge in [-0.25, -0.2) is 0 Å². The summed E-state index contributed by atoms with van der Waals surface area (Å²) < 4.78 is 0. The summed E-state index contributed by atoms with van der Waals surface area (Å²) in [5, 5.41) is 0. The number of aliphatic imine (C=N–C) groups is 1. The van der Waals surface area contributed by atoms with Gasteiger partial charge in [0.25, 0.3) is 0 Å².